The molecule has 1 saturated carbocycles. The van der Waals surface area contributed by atoms with Crippen molar-refractivity contribution in [3.8, 4) is 0 Å². The van der Waals surface area contributed by atoms with Crippen molar-refractivity contribution in [3.63, 3.8) is 0 Å². The van der Waals surface area contributed by atoms with Crippen molar-refractivity contribution >= 4 is 31.4 Å². The average molecular weight is 324 g/mol. The molecule has 114 valence electrons. The van der Waals surface area contributed by atoms with Crippen LogP contribution in [0.15, 0.2) is 29.2 Å². The van der Waals surface area contributed by atoms with E-state index < -0.39 is 10.0 Å². The Labute approximate surface area is 129 Å². The number of hydrogen-bond donors (Lipinski definition) is 1. The molecule has 3 rings (SSSR count). The van der Waals surface area contributed by atoms with Gasteiger partial charge in [-0.1, -0.05) is 25.1 Å². The van der Waals surface area contributed by atoms with Crippen LogP contribution in [0.5, 0.6) is 0 Å². The van der Waals surface area contributed by atoms with Crippen LogP contribution in [0.1, 0.15) is 24.6 Å². The molecule has 1 heterocycles. The molecule has 0 bridgehead atoms. The van der Waals surface area contributed by atoms with E-state index in [1.807, 2.05) is 31.2 Å². The molecule has 6 heteroatoms. The van der Waals surface area contributed by atoms with E-state index in [0.29, 0.717) is 11.4 Å². The first kappa shape index (κ1) is 15.0. The molecule has 1 N–H and O–H groups in total. The fraction of sp³-hybridized carbons (Fsp3) is 0.467. The Balaban J connectivity index is 2.14. The third kappa shape index (κ3) is 2.73. The minimum atomic E-state index is -3.42. The van der Waals surface area contributed by atoms with Gasteiger partial charge in [0.15, 0.2) is 0 Å². The standard InChI is InChI=1S/C15H20N2O2S2/c1-3-16-10-14-15(12-6-4-5-7-13(12)20-14)21(18,19)17(2)11-8-9-11/h4-7,11,16H,3,8-10H2,1-2H3. The molecule has 1 aromatic carbocycles. The summed E-state index contributed by atoms with van der Waals surface area (Å²) in [6.45, 7) is 3.45. The maximum Gasteiger partial charge on any atom is 0.244 e. The summed E-state index contributed by atoms with van der Waals surface area (Å²) >= 11 is 1.57. The fourth-order valence-electron chi connectivity index (χ4n) is 2.49. The Hall–Kier alpha value is -0.950. The van der Waals surface area contributed by atoms with Gasteiger partial charge in [-0.2, -0.15) is 4.31 Å². The lowest BCUT2D eigenvalue weighted by Crippen LogP contribution is -2.29. The van der Waals surface area contributed by atoms with Crippen LogP contribution in [0.25, 0.3) is 10.1 Å². The van der Waals surface area contributed by atoms with Gasteiger partial charge in [-0.25, -0.2) is 8.42 Å². The summed E-state index contributed by atoms with van der Waals surface area (Å²) < 4.78 is 28.5. The molecule has 1 aliphatic carbocycles. The van der Waals surface area contributed by atoms with Crippen LogP contribution < -0.4 is 5.32 Å². The number of nitrogens with zero attached hydrogens (tertiary/aromatic N) is 1. The molecule has 4 nitrogen and oxygen atoms in total. The Bertz CT molecular complexity index is 748. The maximum absolute atomic E-state index is 13.0. The molecule has 1 fully saturated rings. The van der Waals surface area contributed by atoms with Gasteiger partial charge in [-0.05, 0) is 25.5 Å². The van der Waals surface area contributed by atoms with Gasteiger partial charge in [0.05, 0.1) is 0 Å². The summed E-state index contributed by atoms with van der Waals surface area (Å²) in [4.78, 5) is 1.41. The molecule has 0 saturated heterocycles. The summed E-state index contributed by atoms with van der Waals surface area (Å²) in [5.74, 6) is 0. The lowest BCUT2D eigenvalue weighted by molar-refractivity contribution is 0.464. The summed E-state index contributed by atoms with van der Waals surface area (Å²) in [6, 6.07) is 7.94. The van der Waals surface area contributed by atoms with Crippen LogP contribution >= 0.6 is 11.3 Å². The van der Waals surface area contributed by atoms with E-state index in [2.05, 4.69) is 5.32 Å². The van der Waals surface area contributed by atoms with Crippen LogP contribution in [0.2, 0.25) is 0 Å². The van der Waals surface area contributed by atoms with Crippen LogP contribution in [0, 0.1) is 0 Å². The van der Waals surface area contributed by atoms with Gasteiger partial charge in [0.1, 0.15) is 4.90 Å². The third-order valence-corrected chi connectivity index (χ3v) is 7.19. The Morgan fingerprint density at radius 3 is 2.71 bits per heavy atom. The second kappa shape index (κ2) is 5.68. The summed E-state index contributed by atoms with van der Waals surface area (Å²) in [5.41, 5.74) is 0. The summed E-state index contributed by atoms with van der Waals surface area (Å²) in [5, 5.41) is 4.10. The number of fused-ring (bicyclic) bond motifs is 1. The Kier molecular flexibility index (Phi) is 4.05. The lowest BCUT2D eigenvalue weighted by atomic mass is 10.2. The van der Waals surface area contributed by atoms with Crippen LogP contribution in [-0.4, -0.2) is 32.4 Å². The highest BCUT2D eigenvalue weighted by atomic mass is 32.2. The smallest absolute Gasteiger partial charge is 0.244 e. The molecule has 0 atom stereocenters. The first-order valence-corrected chi connectivity index (χ1v) is 9.50. The van der Waals surface area contributed by atoms with Crippen molar-refractivity contribution < 1.29 is 8.42 Å². The van der Waals surface area contributed by atoms with Crippen LogP contribution in [0.4, 0.5) is 0 Å². The molecule has 1 aliphatic rings. The first-order chi connectivity index (χ1) is 10.1. The minimum Gasteiger partial charge on any atom is -0.312 e. The van der Waals surface area contributed by atoms with Gasteiger partial charge < -0.3 is 5.32 Å². The summed E-state index contributed by atoms with van der Waals surface area (Å²) in [6.07, 6.45) is 1.95. The number of nitrogens with one attached hydrogen (secondary N) is 1. The van der Waals surface area contributed by atoms with Crippen LogP contribution in [0.3, 0.4) is 0 Å². The molecule has 0 unspecified atom stereocenters. The zero-order chi connectivity index (χ0) is 15.0. The molecule has 2 aromatic rings. The van der Waals surface area contributed by atoms with E-state index in [0.717, 1.165) is 34.3 Å². The van der Waals surface area contributed by atoms with Gasteiger partial charge in [0.25, 0.3) is 0 Å². The Morgan fingerprint density at radius 1 is 1.33 bits per heavy atom. The van der Waals surface area contributed by atoms with Crippen molar-refractivity contribution in [2.24, 2.45) is 0 Å². The van der Waals surface area contributed by atoms with E-state index in [1.54, 1.807) is 22.7 Å². The Morgan fingerprint density at radius 2 is 2.05 bits per heavy atom. The zero-order valence-corrected chi connectivity index (χ0v) is 13.9. The number of hydrogen-bond acceptors (Lipinski definition) is 4. The topological polar surface area (TPSA) is 49.4 Å². The van der Waals surface area contributed by atoms with Crippen molar-refractivity contribution in [3.05, 3.63) is 29.1 Å². The van der Waals surface area contributed by atoms with E-state index >= 15 is 0 Å². The average Bonchev–Trinajstić information content (AvgIpc) is 3.24. The van der Waals surface area contributed by atoms with Gasteiger partial charge in [-0.3, -0.25) is 0 Å². The van der Waals surface area contributed by atoms with Crippen molar-refractivity contribution in [1.29, 1.82) is 0 Å². The van der Waals surface area contributed by atoms with E-state index in [9.17, 15) is 8.42 Å². The highest BCUT2D eigenvalue weighted by molar-refractivity contribution is 7.89. The molecule has 0 aliphatic heterocycles. The zero-order valence-electron chi connectivity index (χ0n) is 12.3. The number of rotatable bonds is 6. The number of thiophene rings is 1. The van der Waals surface area contributed by atoms with Crippen LogP contribution in [-0.2, 0) is 16.6 Å². The predicted octanol–water partition coefficient (Wildman–Crippen LogP) is 2.79. The van der Waals surface area contributed by atoms with Gasteiger partial charge in [0, 0.05) is 34.6 Å². The SMILES string of the molecule is CCNCc1sc2ccccc2c1S(=O)(=O)N(C)C1CC1. The van der Waals surface area contributed by atoms with E-state index in [1.165, 1.54) is 0 Å². The highest BCUT2D eigenvalue weighted by Gasteiger charge is 2.37. The first-order valence-electron chi connectivity index (χ1n) is 7.25. The second-order valence-electron chi connectivity index (χ2n) is 5.38. The van der Waals surface area contributed by atoms with Crippen molar-refractivity contribution in [2.45, 2.75) is 37.2 Å². The van der Waals surface area contributed by atoms with E-state index in [-0.39, 0.29) is 6.04 Å². The summed E-state index contributed by atoms with van der Waals surface area (Å²) in [7, 11) is -1.71. The molecule has 21 heavy (non-hydrogen) atoms. The van der Waals surface area contributed by atoms with Crippen molar-refractivity contribution in [2.75, 3.05) is 13.6 Å². The molecule has 0 amide bonds. The third-order valence-electron chi connectivity index (χ3n) is 3.85. The predicted molar refractivity (Wildman–Crippen MR) is 87.2 cm³/mol. The lowest BCUT2D eigenvalue weighted by Gasteiger charge is -2.17. The van der Waals surface area contributed by atoms with Gasteiger partial charge >= 0.3 is 0 Å². The fourth-order valence-corrected chi connectivity index (χ4v) is 5.77. The monoisotopic (exact) mass is 324 g/mol. The molecular weight excluding hydrogens is 304 g/mol. The molecule has 1 aromatic heterocycles. The molecule has 0 radical (unpaired) electrons. The van der Waals surface area contributed by atoms with Gasteiger partial charge in [-0.15, -0.1) is 11.3 Å². The number of benzene rings is 1. The van der Waals surface area contributed by atoms with Gasteiger partial charge in [0.2, 0.25) is 10.0 Å². The second-order valence-corrected chi connectivity index (χ2v) is 8.45. The minimum absolute atomic E-state index is 0.181. The normalized spacial score (nSPS) is 16.0. The maximum atomic E-state index is 13.0. The quantitative estimate of drug-likeness (QED) is 0.889. The van der Waals surface area contributed by atoms with Crippen molar-refractivity contribution in [1.82, 2.24) is 9.62 Å². The molecular formula is C15H20N2O2S2. The largest absolute Gasteiger partial charge is 0.312 e. The molecule has 0 spiro atoms. The van der Waals surface area contributed by atoms with E-state index in [4.69, 9.17) is 0 Å². The number of sulfonamides is 1. The highest BCUT2D eigenvalue weighted by Crippen LogP contribution is 2.39.